The van der Waals surface area contributed by atoms with Crippen LogP contribution < -0.4 is 0 Å². The predicted octanol–water partition coefficient (Wildman–Crippen LogP) is 3.67. The molecular weight excluding hydrogens is 140 g/mol. The molecule has 0 bridgehead atoms. The molecule has 62 valence electrons. The van der Waals surface area contributed by atoms with Crippen molar-refractivity contribution >= 4 is 12.6 Å². The summed E-state index contributed by atoms with van der Waals surface area (Å²) < 4.78 is 0. The van der Waals surface area contributed by atoms with Crippen LogP contribution in [0.3, 0.4) is 0 Å². The van der Waals surface area contributed by atoms with E-state index in [1.807, 2.05) is 0 Å². The first kappa shape index (κ1) is 10.3. The largest absolute Gasteiger partial charge is 0.176 e. The first-order valence-electron chi connectivity index (χ1n) is 4.49. The molecule has 0 N–H and O–H groups in total. The highest BCUT2D eigenvalue weighted by atomic mass is 32.1. The van der Waals surface area contributed by atoms with E-state index >= 15 is 0 Å². The number of rotatable bonds is 6. The van der Waals surface area contributed by atoms with E-state index in [9.17, 15) is 0 Å². The van der Waals surface area contributed by atoms with E-state index in [4.69, 9.17) is 0 Å². The highest BCUT2D eigenvalue weighted by Crippen LogP contribution is 2.13. The van der Waals surface area contributed by atoms with Gasteiger partial charge in [-0.3, -0.25) is 0 Å². The smallest absolute Gasteiger partial charge is 0.00168 e. The maximum atomic E-state index is 4.50. The SMILES string of the molecule is CCCCC(S)CCCC. The summed E-state index contributed by atoms with van der Waals surface area (Å²) in [6.45, 7) is 4.47. The molecular formula is C9H20S. The van der Waals surface area contributed by atoms with Gasteiger partial charge >= 0.3 is 0 Å². The van der Waals surface area contributed by atoms with Crippen molar-refractivity contribution in [3.05, 3.63) is 0 Å². The number of hydrogen-bond donors (Lipinski definition) is 1. The monoisotopic (exact) mass is 160 g/mol. The van der Waals surface area contributed by atoms with Crippen LogP contribution in [0.5, 0.6) is 0 Å². The van der Waals surface area contributed by atoms with Gasteiger partial charge in [0.15, 0.2) is 0 Å². The van der Waals surface area contributed by atoms with Gasteiger partial charge in [-0.25, -0.2) is 0 Å². The zero-order chi connectivity index (χ0) is 7.82. The van der Waals surface area contributed by atoms with Crippen molar-refractivity contribution in [2.75, 3.05) is 0 Å². The van der Waals surface area contributed by atoms with Crippen molar-refractivity contribution in [3.63, 3.8) is 0 Å². The highest BCUT2D eigenvalue weighted by molar-refractivity contribution is 7.80. The van der Waals surface area contributed by atoms with Gasteiger partial charge in [-0.05, 0) is 12.8 Å². The molecule has 0 aromatic rings. The van der Waals surface area contributed by atoms with Crippen LogP contribution in [0.4, 0.5) is 0 Å². The summed E-state index contributed by atoms with van der Waals surface area (Å²) in [5.74, 6) is 0. The molecule has 0 nitrogen and oxygen atoms in total. The van der Waals surface area contributed by atoms with Crippen molar-refractivity contribution in [1.29, 1.82) is 0 Å². The average molecular weight is 160 g/mol. The van der Waals surface area contributed by atoms with E-state index in [1.54, 1.807) is 0 Å². The zero-order valence-electron chi connectivity index (χ0n) is 7.27. The van der Waals surface area contributed by atoms with Crippen LogP contribution in [0.25, 0.3) is 0 Å². The quantitative estimate of drug-likeness (QED) is 0.563. The first-order chi connectivity index (χ1) is 4.81. The standard InChI is InChI=1S/C9H20S/c1-3-5-7-9(10)8-6-4-2/h9-10H,3-8H2,1-2H3. The zero-order valence-corrected chi connectivity index (χ0v) is 8.16. The Hall–Kier alpha value is 0.350. The minimum atomic E-state index is 0.667. The molecule has 0 unspecified atom stereocenters. The van der Waals surface area contributed by atoms with Crippen molar-refractivity contribution in [2.45, 2.75) is 57.6 Å². The van der Waals surface area contributed by atoms with Crippen LogP contribution >= 0.6 is 12.6 Å². The minimum Gasteiger partial charge on any atom is -0.176 e. The van der Waals surface area contributed by atoms with E-state index in [0.717, 1.165) is 0 Å². The van der Waals surface area contributed by atoms with Gasteiger partial charge in [0.1, 0.15) is 0 Å². The molecule has 0 atom stereocenters. The van der Waals surface area contributed by atoms with E-state index in [1.165, 1.54) is 38.5 Å². The Bertz CT molecular complexity index is 53.7. The molecule has 0 heterocycles. The topological polar surface area (TPSA) is 0 Å². The molecule has 0 aromatic carbocycles. The second-order valence-corrected chi connectivity index (χ2v) is 3.67. The van der Waals surface area contributed by atoms with Crippen molar-refractivity contribution in [1.82, 2.24) is 0 Å². The summed E-state index contributed by atoms with van der Waals surface area (Å²) in [7, 11) is 0. The van der Waals surface area contributed by atoms with Crippen LogP contribution in [-0.4, -0.2) is 5.25 Å². The van der Waals surface area contributed by atoms with Gasteiger partial charge in [0.25, 0.3) is 0 Å². The lowest BCUT2D eigenvalue weighted by Crippen LogP contribution is -1.97. The Kier molecular flexibility index (Phi) is 7.72. The Morgan fingerprint density at radius 3 is 1.70 bits per heavy atom. The summed E-state index contributed by atoms with van der Waals surface area (Å²) in [5, 5.41) is 0.667. The van der Waals surface area contributed by atoms with Gasteiger partial charge in [-0.1, -0.05) is 39.5 Å². The van der Waals surface area contributed by atoms with E-state index in [-0.39, 0.29) is 0 Å². The molecule has 0 saturated carbocycles. The summed E-state index contributed by atoms with van der Waals surface area (Å²) >= 11 is 4.50. The summed E-state index contributed by atoms with van der Waals surface area (Å²) in [4.78, 5) is 0. The molecule has 0 aliphatic carbocycles. The summed E-state index contributed by atoms with van der Waals surface area (Å²) in [5.41, 5.74) is 0. The number of unbranched alkanes of at least 4 members (excludes halogenated alkanes) is 2. The molecule has 0 rings (SSSR count). The van der Waals surface area contributed by atoms with Crippen LogP contribution in [0.2, 0.25) is 0 Å². The summed E-state index contributed by atoms with van der Waals surface area (Å²) in [6.07, 6.45) is 7.92. The fraction of sp³-hybridized carbons (Fsp3) is 1.00. The van der Waals surface area contributed by atoms with Gasteiger partial charge in [0.2, 0.25) is 0 Å². The van der Waals surface area contributed by atoms with Crippen LogP contribution in [0, 0.1) is 0 Å². The van der Waals surface area contributed by atoms with Gasteiger partial charge in [-0.2, -0.15) is 12.6 Å². The maximum Gasteiger partial charge on any atom is 0.00168 e. The van der Waals surface area contributed by atoms with E-state index < -0.39 is 0 Å². The predicted molar refractivity (Wildman–Crippen MR) is 51.8 cm³/mol. The molecule has 0 aliphatic heterocycles. The van der Waals surface area contributed by atoms with E-state index in [2.05, 4.69) is 26.5 Å². The minimum absolute atomic E-state index is 0.667. The molecule has 0 aliphatic rings. The molecule has 0 radical (unpaired) electrons. The molecule has 1 heteroatoms. The molecule has 0 spiro atoms. The van der Waals surface area contributed by atoms with Crippen LogP contribution in [-0.2, 0) is 0 Å². The molecule has 0 fully saturated rings. The lowest BCUT2D eigenvalue weighted by atomic mass is 10.1. The number of hydrogen-bond acceptors (Lipinski definition) is 1. The molecule has 0 saturated heterocycles. The highest BCUT2D eigenvalue weighted by Gasteiger charge is 1.99. The molecule has 0 amide bonds. The Labute approximate surface area is 70.8 Å². The fourth-order valence-corrected chi connectivity index (χ4v) is 1.39. The Balaban J connectivity index is 3.00. The fourth-order valence-electron chi connectivity index (χ4n) is 1.02. The van der Waals surface area contributed by atoms with Crippen LogP contribution in [0.15, 0.2) is 0 Å². The Morgan fingerprint density at radius 1 is 1.00 bits per heavy atom. The number of thiol groups is 1. The van der Waals surface area contributed by atoms with Crippen molar-refractivity contribution in [3.8, 4) is 0 Å². The van der Waals surface area contributed by atoms with Gasteiger partial charge < -0.3 is 0 Å². The van der Waals surface area contributed by atoms with E-state index in [0.29, 0.717) is 5.25 Å². The van der Waals surface area contributed by atoms with Gasteiger partial charge in [0.05, 0.1) is 0 Å². The third-order valence-corrected chi connectivity index (χ3v) is 2.30. The molecule has 0 aromatic heterocycles. The normalized spacial score (nSPS) is 10.8. The third-order valence-electron chi connectivity index (χ3n) is 1.78. The Morgan fingerprint density at radius 2 is 1.40 bits per heavy atom. The second-order valence-electron chi connectivity index (χ2n) is 2.94. The summed E-state index contributed by atoms with van der Waals surface area (Å²) in [6, 6.07) is 0. The lowest BCUT2D eigenvalue weighted by Gasteiger charge is -2.07. The third kappa shape index (κ3) is 6.47. The first-order valence-corrected chi connectivity index (χ1v) is 5.01. The molecule has 10 heavy (non-hydrogen) atoms. The van der Waals surface area contributed by atoms with Crippen molar-refractivity contribution < 1.29 is 0 Å². The second kappa shape index (κ2) is 7.46. The van der Waals surface area contributed by atoms with Crippen LogP contribution in [0.1, 0.15) is 52.4 Å². The lowest BCUT2D eigenvalue weighted by molar-refractivity contribution is 0.618. The van der Waals surface area contributed by atoms with Crippen molar-refractivity contribution in [2.24, 2.45) is 0 Å². The van der Waals surface area contributed by atoms with Gasteiger partial charge in [-0.15, -0.1) is 0 Å². The maximum absolute atomic E-state index is 4.50. The van der Waals surface area contributed by atoms with Gasteiger partial charge in [0, 0.05) is 5.25 Å². The average Bonchev–Trinajstić information content (AvgIpc) is 1.97.